The van der Waals surface area contributed by atoms with Crippen LogP contribution in [0.2, 0.25) is 0 Å². The van der Waals surface area contributed by atoms with Gasteiger partial charge in [0.25, 0.3) is 0 Å². The van der Waals surface area contributed by atoms with E-state index in [2.05, 4.69) is 5.32 Å². The zero-order valence-corrected chi connectivity index (χ0v) is 13.5. The molecule has 0 fully saturated rings. The summed E-state index contributed by atoms with van der Waals surface area (Å²) in [5.41, 5.74) is 5.43. The van der Waals surface area contributed by atoms with Crippen molar-refractivity contribution in [3.8, 4) is 0 Å². The fraction of sp³-hybridized carbons (Fsp3) is 0.846. The highest BCUT2D eigenvalue weighted by atomic mass is 35.5. The monoisotopic (exact) mass is 309 g/mol. The summed E-state index contributed by atoms with van der Waals surface area (Å²) in [6.07, 6.45) is 1.14. The average molecular weight is 310 g/mol. The van der Waals surface area contributed by atoms with Gasteiger partial charge < -0.3 is 20.7 Å². The number of nitrogens with zero attached hydrogens (tertiary/aromatic N) is 1. The predicted molar refractivity (Wildman–Crippen MR) is 81.9 cm³/mol. The first-order chi connectivity index (χ1) is 9.08. The molecule has 0 aromatic heterocycles. The second-order valence-electron chi connectivity index (χ2n) is 4.32. The molecule has 0 aromatic carbocycles. The minimum Gasteiger partial charge on any atom is -0.380 e. The number of rotatable bonds is 10. The van der Waals surface area contributed by atoms with Gasteiger partial charge in [0.1, 0.15) is 0 Å². The normalized spacial score (nSPS) is 11.4. The van der Waals surface area contributed by atoms with Gasteiger partial charge in [-0.15, -0.1) is 12.4 Å². The fourth-order valence-electron chi connectivity index (χ4n) is 1.74. The smallest absolute Gasteiger partial charge is 0.222 e. The van der Waals surface area contributed by atoms with Gasteiger partial charge >= 0.3 is 0 Å². The van der Waals surface area contributed by atoms with Crippen molar-refractivity contribution in [2.24, 2.45) is 5.73 Å². The molecule has 0 heterocycles. The molecule has 0 saturated carbocycles. The van der Waals surface area contributed by atoms with E-state index in [1.165, 1.54) is 7.11 Å². The molecule has 0 rings (SSSR count). The van der Waals surface area contributed by atoms with Gasteiger partial charge in [0, 0.05) is 39.7 Å². The molecule has 2 amide bonds. The van der Waals surface area contributed by atoms with Gasteiger partial charge in [-0.1, -0.05) is 0 Å². The molecule has 1 atom stereocenters. The lowest BCUT2D eigenvalue weighted by molar-refractivity contribution is -0.131. The average Bonchev–Trinajstić information content (AvgIpc) is 2.42. The van der Waals surface area contributed by atoms with Gasteiger partial charge in [0.15, 0.2) is 0 Å². The molecular formula is C13H28ClN3O3. The molecule has 0 radical (unpaired) electrons. The molecule has 6 nitrogen and oxygen atoms in total. The third-order valence-corrected chi connectivity index (χ3v) is 3.02. The van der Waals surface area contributed by atoms with Gasteiger partial charge in [-0.25, -0.2) is 0 Å². The number of methoxy groups -OCH3 is 1. The molecule has 7 heteroatoms. The van der Waals surface area contributed by atoms with E-state index in [0.29, 0.717) is 25.9 Å². The second kappa shape index (κ2) is 13.1. The maximum absolute atomic E-state index is 11.7. The Morgan fingerprint density at radius 2 is 1.90 bits per heavy atom. The van der Waals surface area contributed by atoms with Crippen LogP contribution in [0, 0.1) is 0 Å². The molecule has 120 valence electrons. The Bertz CT molecular complexity index is 270. The van der Waals surface area contributed by atoms with Crippen LogP contribution in [0.1, 0.15) is 33.1 Å². The van der Waals surface area contributed by atoms with Gasteiger partial charge in [-0.05, 0) is 20.3 Å². The number of hydrogen-bond acceptors (Lipinski definition) is 4. The van der Waals surface area contributed by atoms with Crippen molar-refractivity contribution in [2.75, 3.05) is 33.3 Å². The Hall–Kier alpha value is -0.850. The van der Waals surface area contributed by atoms with Crippen LogP contribution in [-0.4, -0.2) is 56.1 Å². The summed E-state index contributed by atoms with van der Waals surface area (Å²) in [6.45, 7) is 6.21. The van der Waals surface area contributed by atoms with E-state index in [-0.39, 0.29) is 36.7 Å². The van der Waals surface area contributed by atoms with Gasteiger partial charge in [-0.2, -0.15) is 0 Å². The largest absolute Gasteiger partial charge is 0.380 e. The Balaban J connectivity index is 0. The first-order valence-corrected chi connectivity index (χ1v) is 6.86. The SMILES string of the molecule is CCN(CC)C(=O)CCCNC(=O)CC(CN)OC.Cl. The topological polar surface area (TPSA) is 84.7 Å². The molecule has 0 bridgehead atoms. The van der Waals surface area contributed by atoms with Crippen LogP contribution in [0.3, 0.4) is 0 Å². The first kappa shape index (κ1) is 21.4. The van der Waals surface area contributed by atoms with Crippen LogP contribution in [0.5, 0.6) is 0 Å². The number of nitrogens with two attached hydrogens (primary N) is 1. The van der Waals surface area contributed by atoms with Crippen molar-refractivity contribution >= 4 is 24.2 Å². The van der Waals surface area contributed by atoms with E-state index in [4.69, 9.17) is 10.5 Å². The molecule has 0 aliphatic carbocycles. The Morgan fingerprint density at radius 3 is 2.35 bits per heavy atom. The molecule has 0 aliphatic rings. The zero-order valence-electron chi connectivity index (χ0n) is 12.7. The zero-order chi connectivity index (χ0) is 14.7. The molecule has 1 unspecified atom stereocenters. The third kappa shape index (κ3) is 9.12. The summed E-state index contributed by atoms with van der Waals surface area (Å²) in [7, 11) is 1.54. The summed E-state index contributed by atoms with van der Waals surface area (Å²) in [4.78, 5) is 25.0. The van der Waals surface area contributed by atoms with E-state index in [0.717, 1.165) is 13.1 Å². The second-order valence-corrected chi connectivity index (χ2v) is 4.32. The minimum absolute atomic E-state index is 0. The Kier molecular flexibility index (Phi) is 14.1. The molecule has 3 N–H and O–H groups in total. The summed E-state index contributed by atoms with van der Waals surface area (Å²) < 4.78 is 5.03. The van der Waals surface area contributed by atoms with E-state index in [9.17, 15) is 9.59 Å². The number of amides is 2. The summed E-state index contributed by atoms with van der Waals surface area (Å²) in [5.74, 6) is 0.0450. The highest BCUT2D eigenvalue weighted by molar-refractivity contribution is 5.85. The van der Waals surface area contributed by atoms with Crippen molar-refractivity contribution in [3.63, 3.8) is 0 Å². The van der Waals surface area contributed by atoms with Crippen LogP contribution in [-0.2, 0) is 14.3 Å². The third-order valence-electron chi connectivity index (χ3n) is 3.02. The number of carbonyl (C=O) groups is 2. The van der Waals surface area contributed by atoms with Crippen LogP contribution < -0.4 is 11.1 Å². The number of halogens is 1. The molecule has 0 aromatic rings. The summed E-state index contributed by atoms with van der Waals surface area (Å²) in [5, 5.41) is 2.77. The quantitative estimate of drug-likeness (QED) is 0.577. The molecule has 20 heavy (non-hydrogen) atoms. The highest BCUT2D eigenvalue weighted by Gasteiger charge is 2.12. The van der Waals surface area contributed by atoms with Gasteiger partial charge in [-0.3, -0.25) is 9.59 Å². The van der Waals surface area contributed by atoms with E-state index in [1.54, 1.807) is 4.90 Å². The van der Waals surface area contributed by atoms with Crippen molar-refractivity contribution < 1.29 is 14.3 Å². The van der Waals surface area contributed by atoms with E-state index in [1.807, 2.05) is 13.8 Å². The maximum atomic E-state index is 11.7. The fourth-order valence-corrected chi connectivity index (χ4v) is 1.74. The highest BCUT2D eigenvalue weighted by Crippen LogP contribution is 1.98. The summed E-state index contributed by atoms with van der Waals surface area (Å²) >= 11 is 0. The van der Waals surface area contributed by atoms with E-state index < -0.39 is 0 Å². The lowest BCUT2D eigenvalue weighted by Crippen LogP contribution is -2.34. The van der Waals surface area contributed by atoms with Gasteiger partial charge in [0.05, 0.1) is 12.5 Å². The lowest BCUT2D eigenvalue weighted by Gasteiger charge is -2.18. The van der Waals surface area contributed by atoms with Crippen molar-refractivity contribution in [3.05, 3.63) is 0 Å². The lowest BCUT2D eigenvalue weighted by atomic mass is 10.2. The molecule has 0 aliphatic heterocycles. The summed E-state index contributed by atoms with van der Waals surface area (Å²) in [6, 6.07) is 0. The van der Waals surface area contributed by atoms with Crippen LogP contribution in [0.25, 0.3) is 0 Å². The van der Waals surface area contributed by atoms with Crippen molar-refractivity contribution in [1.82, 2.24) is 10.2 Å². The number of hydrogen-bond donors (Lipinski definition) is 2. The van der Waals surface area contributed by atoms with Crippen LogP contribution >= 0.6 is 12.4 Å². The van der Waals surface area contributed by atoms with Crippen molar-refractivity contribution in [1.29, 1.82) is 0 Å². The number of nitrogens with one attached hydrogen (secondary N) is 1. The van der Waals surface area contributed by atoms with Crippen LogP contribution in [0.4, 0.5) is 0 Å². The number of ether oxygens (including phenoxy) is 1. The standard InChI is InChI=1S/C13H27N3O3.ClH/c1-4-16(5-2)13(18)7-6-8-15-12(17)9-11(10-14)19-3;/h11H,4-10,14H2,1-3H3,(H,15,17);1H. The maximum Gasteiger partial charge on any atom is 0.222 e. The Morgan fingerprint density at radius 1 is 1.30 bits per heavy atom. The number of carbonyl (C=O) groups excluding carboxylic acids is 2. The minimum atomic E-state index is -0.239. The van der Waals surface area contributed by atoms with Gasteiger partial charge in [0.2, 0.25) is 11.8 Å². The predicted octanol–water partition coefficient (Wildman–Crippen LogP) is 0.537. The van der Waals surface area contributed by atoms with Crippen LogP contribution in [0.15, 0.2) is 0 Å². The van der Waals surface area contributed by atoms with E-state index >= 15 is 0 Å². The van der Waals surface area contributed by atoms with Crippen molar-refractivity contribution in [2.45, 2.75) is 39.2 Å². The first-order valence-electron chi connectivity index (χ1n) is 6.86. The Labute approximate surface area is 127 Å². The molecule has 0 spiro atoms. The molecule has 0 saturated heterocycles. The molecular weight excluding hydrogens is 282 g/mol.